The molecule has 1 aliphatic carbocycles. The maximum absolute atomic E-state index is 15.6. The Morgan fingerprint density at radius 2 is 2.03 bits per heavy atom. The van der Waals surface area contributed by atoms with E-state index in [0.29, 0.717) is 40.7 Å². The van der Waals surface area contributed by atoms with Crippen molar-refractivity contribution in [2.75, 3.05) is 13.7 Å². The van der Waals surface area contributed by atoms with E-state index in [9.17, 15) is 14.7 Å². The predicted octanol–water partition coefficient (Wildman–Crippen LogP) is 6.36. The molecule has 3 aromatic rings. The normalized spacial score (nSPS) is 23.1. The molecule has 0 saturated carbocycles. The fourth-order valence-electron chi connectivity index (χ4n) is 6.72. The second kappa shape index (κ2) is 9.74. The molecule has 0 unspecified atom stereocenters. The topological polar surface area (TPSA) is 85.9 Å². The minimum atomic E-state index is -1.20. The number of amides is 3. The SMILES string of the molecule is COc1ccc2[nH]c3c(c2c1F)C[C@@]1(C)C(=O)N(CCCC2=CCCCCC2)C(=O)N1[C@@H]3c1cccc(O)c1. The summed E-state index contributed by atoms with van der Waals surface area (Å²) in [4.78, 5) is 34.3. The van der Waals surface area contributed by atoms with E-state index in [1.54, 1.807) is 42.2 Å². The van der Waals surface area contributed by atoms with Crippen molar-refractivity contribution in [1.82, 2.24) is 14.8 Å². The Morgan fingerprint density at radius 3 is 2.82 bits per heavy atom. The van der Waals surface area contributed by atoms with Gasteiger partial charge in [-0.1, -0.05) is 30.2 Å². The summed E-state index contributed by atoms with van der Waals surface area (Å²) >= 11 is 0. The first kappa shape index (κ1) is 25.5. The van der Waals surface area contributed by atoms with Crippen LogP contribution in [0.25, 0.3) is 10.9 Å². The van der Waals surface area contributed by atoms with Crippen LogP contribution in [0.4, 0.5) is 9.18 Å². The van der Waals surface area contributed by atoms with Crippen molar-refractivity contribution in [3.8, 4) is 11.5 Å². The van der Waals surface area contributed by atoms with Gasteiger partial charge in [0.2, 0.25) is 0 Å². The number of nitrogens with zero attached hydrogens (tertiary/aromatic N) is 2. The van der Waals surface area contributed by atoms with Gasteiger partial charge in [-0.25, -0.2) is 9.18 Å². The van der Waals surface area contributed by atoms with Crippen LogP contribution in [0.5, 0.6) is 11.5 Å². The molecule has 204 valence electrons. The maximum atomic E-state index is 15.6. The number of phenols is 1. The molecule has 2 aliphatic heterocycles. The maximum Gasteiger partial charge on any atom is 0.328 e. The molecular weight excluding hydrogens is 497 g/mol. The number of allylic oxidation sites excluding steroid dienone is 2. The average molecular weight is 532 g/mol. The zero-order chi connectivity index (χ0) is 27.3. The second-order valence-corrected chi connectivity index (χ2v) is 11.1. The number of carbonyl (C=O) groups is 2. The molecule has 2 aromatic carbocycles. The smallest absolute Gasteiger partial charge is 0.328 e. The Balaban J connectivity index is 1.41. The van der Waals surface area contributed by atoms with Crippen LogP contribution in [0.2, 0.25) is 0 Å². The number of phenolic OH excluding ortho intramolecular Hbond substituents is 1. The number of aromatic nitrogens is 1. The number of hydrogen-bond donors (Lipinski definition) is 2. The van der Waals surface area contributed by atoms with Gasteiger partial charge >= 0.3 is 6.03 Å². The van der Waals surface area contributed by atoms with Crippen LogP contribution in [-0.2, 0) is 11.2 Å². The van der Waals surface area contributed by atoms with E-state index >= 15 is 4.39 Å². The van der Waals surface area contributed by atoms with Gasteiger partial charge in [0.1, 0.15) is 17.3 Å². The molecule has 1 saturated heterocycles. The molecule has 8 heteroatoms. The van der Waals surface area contributed by atoms with Crippen LogP contribution in [-0.4, -0.2) is 51.0 Å². The van der Waals surface area contributed by atoms with E-state index in [2.05, 4.69) is 11.1 Å². The third kappa shape index (κ3) is 4.08. The number of aromatic amines is 1. The molecule has 3 amide bonds. The lowest BCUT2D eigenvalue weighted by molar-refractivity contribution is -0.133. The van der Waals surface area contributed by atoms with E-state index < -0.39 is 17.4 Å². The van der Waals surface area contributed by atoms with Crippen molar-refractivity contribution >= 4 is 22.8 Å². The molecule has 3 aliphatic rings. The van der Waals surface area contributed by atoms with E-state index in [4.69, 9.17) is 4.74 Å². The number of benzene rings is 2. The molecule has 2 N–H and O–H groups in total. The lowest BCUT2D eigenvalue weighted by Crippen LogP contribution is -2.53. The number of carbonyl (C=O) groups excluding carboxylic acids is 2. The molecule has 6 rings (SSSR count). The number of H-pyrrole nitrogens is 1. The summed E-state index contributed by atoms with van der Waals surface area (Å²) in [7, 11) is 1.42. The quantitative estimate of drug-likeness (QED) is 0.286. The standard InChI is InChI=1S/C31H34FN3O4/c1-31-18-22-25-23(14-15-24(39-2)26(25)32)33-27(22)28(20-12-7-13-21(36)17-20)35(31)30(38)34(29(31)37)16-8-11-19-9-5-3-4-6-10-19/h7,9,12-15,17,28,33,36H,3-6,8,10-11,16,18H2,1-2H3/t28-,31+/m1/s1. The first-order chi connectivity index (χ1) is 18.8. The van der Waals surface area contributed by atoms with Crippen LogP contribution in [0.15, 0.2) is 48.0 Å². The van der Waals surface area contributed by atoms with Crippen molar-refractivity contribution in [2.45, 2.75) is 69.9 Å². The fraction of sp³-hybridized carbons (Fsp3) is 0.419. The highest BCUT2D eigenvalue weighted by molar-refractivity contribution is 6.08. The molecule has 7 nitrogen and oxygen atoms in total. The molecule has 39 heavy (non-hydrogen) atoms. The van der Waals surface area contributed by atoms with E-state index in [-0.39, 0.29) is 29.9 Å². The lowest BCUT2D eigenvalue weighted by atomic mass is 9.81. The fourth-order valence-corrected chi connectivity index (χ4v) is 6.72. The number of fused-ring (bicyclic) bond motifs is 4. The summed E-state index contributed by atoms with van der Waals surface area (Å²) in [5.74, 6) is -0.592. The summed E-state index contributed by atoms with van der Waals surface area (Å²) < 4.78 is 20.9. The average Bonchev–Trinajstić information content (AvgIpc) is 3.20. The number of hydrogen-bond acceptors (Lipinski definition) is 4. The number of ether oxygens (including phenoxy) is 1. The zero-order valence-corrected chi connectivity index (χ0v) is 22.4. The monoisotopic (exact) mass is 531 g/mol. The predicted molar refractivity (Wildman–Crippen MR) is 146 cm³/mol. The Bertz CT molecular complexity index is 1490. The highest BCUT2D eigenvalue weighted by Crippen LogP contribution is 2.50. The van der Waals surface area contributed by atoms with Crippen LogP contribution < -0.4 is 4.74 Å². The number of urea groups is 1. The van der Waals surface area contributed by atoms with Crippen molar-refractivity contribution < 1.29 is 23.8 Å². The summed E-state index contributed by atoms with van der Waals surface area (Å²) in [5.41, 5.74) is 2.73. The zero-order valence-electron chi connectivity index (χ0n) is 22.4. The Morgan fingerprint density at radius 1 is 1.18 bits per heavy atom. The van der Waals surface area contributed by atoms with E-state index in [1.807, 2.05) is 6.07 Å². The van der Waals surface area contributed by atoms with Crippen LogP contribution in [0.3, 0.4) is 0 Å². The summed E-state index contributed by atoms with van der Waals surface area (Å²) in [6.45, 7) is 2.11. The molecule has 0 bridgehead atoms. The summed E-state index contributed by atoms with van der Waals surface area (Å²) in [5, 5.41) is 10.7. The van der Waals surface area contributed by atoms with E-state index in [1.165, 1.54) is 36.8 Å². The molecule has 3 heterocycles. The van der Waals surface area contributed by atoms with Gasteiger partial charge in [-0.3, -0.25) is 14.6 Å². The van der Waals surface area contributed by atoms with Gasteiger partial charge < -0.3 is 14.8 Å². The first-order valence-corrected chi connectivity index (χ1v) is 13.8. The highest BCUT2D eigenvalue weighted by atomic mass is 19.1. The van der Waals surface area contributed by atoms with Crippen molar-refractivity contribution in [3.63, 3.8) is 0 Å². The van der Waals surface area contributed by atoms with Crippen molar-refractivity contribution in [1.29, 1.82) is 0 Å². The first-order valence-electron chi connectivity index (χ1n) is 13.8. The Labute approximate surface area is 227 Å². The molecule has 0 radical (unpaired) electrons. The minimum Gasteiger partial charge on any atom is -0.508 e. The van der Waals surface area contributed by atoms with Crippen LogP contribution >= 0.6 is 0 Å². The van der Waals surface area contributed by atoms with Crippen molar-refractivity contribution in [3.05, 3.63) is 70.7 Å². The lowest BCUT2D eigenvalue weighted by Gasteiger charge is -2.42. The van der Waals surface area contributed by atoms with Gasteiger partial charge in [0.25, 0.3) is 5.91 Å². The van der Waals surface area contributed by atoms with Crippen LogP contribution in [0, 0.1) is 5.82 Å². The number of rotatable bonds is 6. The van der Waals surface area contributed by atoms with Gasteiger partial charge in [0.05, 0.1) is 7.11 Å². The summed E-state index contributed by atoms with van der Waals surface area (Å²) in [6, 6.07) is 8.95. The number of aromatic hydroxyl groups is 1. The Hall–Kier alpha value is -3.81. The number of halogens is 1. The molecule has 0 spiro atoms. The number of nitrogens with one attached hydrogen (secondary N) is 1. The van der Waals surface area contributed by atoms with Crippen molar-refractivity contribution in [2.24, 2.45) is 0 Å². The summed E-state index contributed by atoms with van der Waals surface area (Å²) in [6.07, 6.45) is 9.92. The minimum absolute atomic E-state index is 0.0526. The second-order valence-electron chi connectivity index (χ2n) is 11.1. The van der Waals surface area contributed by atoms with Gasteiger partial charge in [-0.15, -0.1) is 0 Å². The molecule has 1 aromatic heterocycles. The molecule has 1 fully saturated rings. The van der Waals surface area contributed by atoms with E-state index in [0.717, 1.165) is 19.3 Å². The van der Waals surface area contributed by atoms with Gasteiger partial charge in [-0.05, 0) is 80.8 Å². The van der Waals surface area contributed by atoms with Gasteiger partial charge in [0.15, 0.2) is 11.6 Å². The van der Waals surface area contributed by atoms with Gasteiger partial charge in [-0.2, -0.15) is 0 Å². The largest absolute Gasteiger partial charge is 0.508 e. The van der Waals surface area contributed by atoms with Gasteiger partial charge in [0, 0.05) is 29.6 Å². The Kier molecular flexibility index (Phi) is 6.36. The third-order valence-corrected chi connectivity index (χ3v) is 8.65. The molecular formula is C31H34FN3O4. The third-order valence-electron chi connectivity index (χ3n) is 8.65. The van der Waals surface area contributed by atoms with Crippen LogP contribution in [0.1, 0.15) is 74.7 Å². The highest BCUT2D eigenvalue weighted by Gasteiger charge is 2.60. The number of imide groups is 1. The molecule has 2 atom stereocenters. The number of methoxy groups -OCH3 is 1.